The Morgan fingerprint density at radius 1 is 1.38 bits per heavy atom. The Balaban J connectivity index is 2.05. The number of carboxylic acid groups (broad SMARTS) is 1. The highest BCUT2D eigenvalue weighted by atomic mass is 16.6. The first kappa shape index (κ1) is 15.3. The zero-order valence-corrected chi connectivity index (χ0v) is 12.0. The van der Waals surface area contributed by atoms with Gasteiger partial charge in [0, 0.05) is 12.6 Å². The Kier molecular flexibility index (Phi) is 4.77. The molecule has 1 aromatic carbocycles. The molecule has 0 atom stereocenters. The van der Waals surface area contributed by atoms with Crippen LogP contribution in [0.2, 0.25) is 0 Å². The molecule has 0 heterocycles. The molecule has 0 spiro atoms. The molecular weight excluding hydrogens is 272 g/mol. The Labute approximate surface area is 123 Å². The van der Waals surface area contributed by atoms with Crippen molar-refractivity contribution in [1.82, 2.24) is 0 Å². The van der Waals surface area contributed by atoms with Crippen molar-refractivity contribution in [2.24, 2.45) is 11.8 Å². The lowest BCUT2D eigenvalue weighted by Gasteiger charge is -2.26. The molecule has 21 heavy (non-hydrogen) atoms. The van der Waals surface area contributed by atoms with Crippen molar-refractivity contribution in [2.75, 3.05) is 11.9 Å². The summed E-state index contributed by atoms with van der Waals surface area (Å²) in [5, 5.41) is 23.1. The van der Waals surface area contributed by atoms with Crippen molar-refractivity contribution in [2.45, 2.75) is 32.6 Å². The predicted octanol–water partition coefficient (Wildman–Crippen LogP) is 3.53. The van der Waals surface area contributed by atoms with E-state index < -0.39 is 10.9 Å². The van der Waals surface area contributed by atoms with Crippen LogP contribution >= 0.6 is 0 Å². The first-order valence-electron chi connectivity index (χ1n) is 7.23. The highest BCUT2D eigenvalue weighted by molar-refractivity contribution is 5.89. The molecule has 1 aliphatic rings. The van der Waals surface area contributed by atoms with Crippen LogP contribution in [-0.4, -0.2) is 22.5 Å². The maximum absolute atomic E-state index is 11.1. The molecule has 0 bridgehead atoms. The van der Waals surface area contributed by atoms with Gasteiger partial charge in [-0.2, -0.15) is 0 Å². The summed E-state index contributed by atoms with van der Waals surface area (Å²) in [6, 6.07) is 3.97. The van der Waals surface area contributed by atoms with Crippen LogP contribution in [0, 0.1) is 22.0 Å². The van der Waals surface area contributed by atoms with E-state index >= 15 is 0 Å². The molecule has 114 valence electrons. The van der Waals surface area contributed by atoms with E-state index in [4.69, 9.17) is 5.11 Å². The number of hydrogen-bond acceptors (Lipinski definition) is 4. The van der Waals surface area contributed by atoms with E-state index in [1.807, 2.05) is 0 Å². The van der Waals surface area contributed by atoms with Gasteiger partial charge < -0.3 is 10.4 Å². The Morgan fingerprint density at radius 3 is 2.62 bits per heavy atom. The molecule has 6 heteroatoms. The molecule has 1 fully saturated rings. The average Bonchev–Trinajstić information content (AvgIpc) is 2.46. The number of hydrogen-bond donors (Lipinski definition) is 2. The van der Waals surface area contributed by atoms with Crippen LogP contribution in [0.1, 0.15) is 43.0 Å². The van der Waals surface area contributed by atoms with Gasteiger partial charge in [0.15, 0.2) is 0 Å². The third-order valence-corrected chi connectivity index (χ3v) is 4.16. The van der Waals surface area contributed by atoms with Gasteiger partial charge in [-0.25, -0.2) is 4.79 Å². The Morgan fingerprint density at radius 2 is 2.05 bits per heavy atom. The van der Waals surface area contributed by atoms with E-state index in [0.29, 0.717) is 18.2 Å². The highest BCUT2D eigenvalue weighted by Crippen LogP contribution is 2.30. The van der Waals surface area contributed by atoms with Crippen molar-refractivity contribution >= 4 is 17.3 Å². The minimum atomic E-state index is -1.16. The second-order valence-electron chi connectivity index (χ2n) is 5.80. The van der Waals surface area contributed by atoms with E-state index in [9.17, 15) is 14.9 Å². The summed E-state index contributed by atoms with van der Waals surface area (Å²) in [6.07, 6.45) is 4.67. The Bertz CT molecular complexity index is 536. The van der Waals surface area contributed by atoms with Gasteiger partial charge in [0.25, 0.3) is 5.69 Å². The van der Waals surface area contributed by atoms with E-state index in [2.05, 4.69) is 12.2 Å². The van der Waals surface area contributed by atoms with Crippen molar-refractivity contribution in [3.8, 4) is 0 Å². The number of nitro groups is 1. The van der Waals surface area contributed by atoms with Gasteiger partial charge in [0.2, 0.25) is 0 Å². The fraction of sp³-hybridized carbons (Fsp3) is 0.533. The molecule has 6 nitrogen and oxygen atoms in total. The number of aromatic carboxylic acids is 1. The molecule has 0 amide bonds. The van der Waals surface area contributed by atoms with Crippen LogP contribution < -0.4 is 5.32 Å². The number of nitrogens with one attached hydrogen (secondary N) is 1. The minimum absolute atomic E-state index is 0.0706. The molecule has 0 radical (unpaired) electrons. The van der Waals surface area contributed by atoms with Crippen LogP contribution in [0.15, 0.2) is 18.2 Å². The zero-order valence-electron chi connectivity index (χ0n) is 12.0. The predicted molar refractivity (Wildman–Crippen MR) is 79.7 cm³/mol. The molecule has 0 aromatic heterocycles. The maximum atomic E-state index is 11.1. The summed E-state index contributed by atoms with van der Waals surface area (Å²) >= 11 is 0. The first-order chi connectivity index (χ1) is 9.97. The van der Waals surface area contributed by atoms with Crippen molar-refractivity contribution in [3.05, 3.63) is 33.9 Å². The number of nitro benzene ring substituents is 1. The minimum Gasteiger partial charge on any atom is -0.478 e. The molecule has 1 saturated carbocycles. The van der Waals surface area contributed by atoms with Crippen molar-refractivity contribution < 1.29 is 14.8 Å². The van der Waals surface area contributed by atoms with E-state index in [1.165, 1.54) is 25.0 Å². The number of carboxylic acids is 1. The topological polar surface area (TPSA) is 92.5 Å². The van der Waals surface area contributed by atoms with Crippen molar-refractivity contribution in [1.29, 1.82) is 0 Å². The van der Waals surface area contributed by atoms with Crippen LogP contribution in [0.3, 0.4) is 0 Å². The third kappa shape index (κ3) is 3.93. The molecule has 0 unspecified atom stereocenters. The maximum Gasteiger partial charge on any atom is 0.335 e. The molecule has 0 aliphatic heterocycles. The number of benzene rings is 1. The number of anilines is 1. The first-order valence-corrected chi connectivity index (χ1v) is 7.23. The van der Waals surface area contributed by atoms with Gasteiger partial charge in [0.1, 0.15) is 5.69 Å². The summed E-state index contributed by atoms with van der Waals surface area (Å²) in [5.74, 6) is 0.135. The van der Waals surface area contributed by atoms with E-state index in [-0.39, 0.29) is 11.3 Å². The SMILES string of the molecule is CC1CCC(CNc2ccc(C(=O)O)cc2[N+](=O)[O-])CC1. The molecule has 0 saturated heterocycles. The van der Waals surface area contributed by atoms with E-state index in [1.54, 1.807) is 0 Å². The monoisotopic (exact) mass is 292 g/mol. The Hall–Kier alpha value is -2.11. The van der Waals surface area contributed by atoms with Gasteiger partial charge in [-0.15, -0.1) is 0 Å². The van der Waals surface area contributed by atoms with Crippen LogP contribution in [0.4, 0.5) is 11.4 Å². The number of nitrogens with zero attached hydrogens (tertiary/aromatic N) is 1. The van der Waals surface area contributed by atoms with Crippen LogP contribution in [-0.2, 0) is 0 Å². The molecule has 2 rings (SSSR count). The van der Waals surface area contributed by atoms with Gasteiger partial charge >= 0.3 is 5.97 Å². The second kappa shape index (κ2) is 6.56. The average molecular weight is 292 g/mol. The normalized spacial score (nSPS) is 21.8. The fourth-order valence-electron chi connectivity index (χ4n) is 2.75. The molecular formula is C15H20N2O4. The largest absolute Gasteiger partial charge is 0.478 e. The van der Waals surface area contributed by atoms with Crippen molar-refractivity contribution in [3.63, 3.8) is 0 Å². The second-order valence-corrected chi connectivity index (χ2v) is 5.80. The molecule has 1 aliphatic carbocycles. The smallest absolute Gasteiger partial charge is 0.335 e. The standard InChI is InChI=1S/C15H20N2O4/c1-10-2-4-11(5-3-10)9-16-13-7-6-12(15(18)19)8-14(13)17(20)21/h6-8,10-11,16H,2-5,9H2,1H3,(H,18,19). The van der Waals surface area contributed by atoms with E-state index in [0.717, 1.165) is 24.8 Å². The highest BCUT2D eigenvalue weighted by Gasteiger charge is 2.21. The summed E-state index contributed by atoms with van der Waals surface area (Å²) in [7, 11) is 0. The number of rotatable bonds is 5. The fourth-order valence-corrected chi connectivity index (χ4v) is 2.75. The third-order valence-electron chi connectivity index (χ3n) is 4.16. The molecule has 2 N–H and O–H groups in total. The summed E-state index contributed by atoms with van der Waals surface area (Å²) < 4.78 is 0. The lowest BCUT2D eigenvalue weighted by molar-refractivity contribution is -0.384. The van der Waals surface area contributed by atoms with Gasteiger partial charge in [-0.3, -0.25) is 10.1 Å². The summed E-state index contributed by atoms with van der Waals surface area (Å²) in [6.45, 7) is 2.94. The van der Waals surface area contributed by atoms with Crippen LogP contribution in [0.25, 0.3) is 0 Å². The quantitative estimate of drug-likeness (QED) is 0.639. The summed E-state index contributed by atoms with van der Waals surface area (Å²) in [5.41, 5.74) is 0.140. The zero-order chi connectivity index (χ0) is 15.4. The lowest BCUT2D eigenvalue weighted by atomic mass is 9.83. The van der Waals surface area contributed by atoms with Gasteiger partial charge in [-0.1, -0.05) is 19.8 Å². The molecule has 1 aromatic rings. The van der Waals surface area contributed by atoms with Crippen LogP contribution in [0.5, 0.6) is 0 Å². The van der Waals surface area contributed by atoms with Gasteiger partial charge in [-0.05, 0) is 36.8 Å². The lowest BCUT2D eigenvalue weighted by Crippen LogP contribution is -2.20. The van der Waals surface area contributed by atoms with Gasteiger partial charge in [0.05, 0.1) is 10.5 Å². The number of carbonyl (C=O) groups is 1. The summed E-state index contributed by atoms with van der Waals surface area (Å²) in [4.78, 5) is 21.4.